The number of hydrogen-bond acceptors (Lipinski definition) is 15. The van der Waals surface area contributed by atoms with Crippen LogP contribution in [0, 0.1) is 0 Å². The van der Waals surface area contributed by atoms with Crippen LogP contribution in [0.3, 0.4) is 0 Å². The van der Waals surface area contributed by atoms with Crippen molar-refractivity contribution in [3.05, 3.63) is 24.3 Å². The third-order valence-corrected chi connectivity index (χ3v) is 10.8. The summed E-state index contributed by atoms with van der Waals surface area (Å²) in [6, 6.07) is 0. The van der Waals surface area contributed by atoms with Crippen molar-refractivity contribution in [2.24, 2.45) is 0 Å². The molecule has 15 heteroatoms. The van der Waals surface area contributed by atoms with Crippen molar-refractivity contribution >= 4 is 11.9 Å². The van der Waals surface area contributed by atoms with Gasteiger partial charge in [-0.3, -0.25) is 0 Å². The molecule has 0 saturated carbocycles. The van der Waals surface area contributed by atoms with Gasteiger partial charge in [0.1, 0.15) is 0 Å². The zero-order chi connectivity index (χ0) is 51.4. The lowest BCUT2D eigenvalue weighted by molar-refractivity contribution is -0.140. The van der Waals surface area contributed by atoms with Crippen LogP contribution in [-0.4, -0.2) is 171 Å². The zero-order valence-electron chi connectivity index (χ0n) is 45.5. The maximum Gasteiger partial charge on any atom is 0.333 e. The Balaban J connectivity index is 3.10. The molecule has 15 nitrogen and oxygen atoms in total. The summed E-state index contributed by atoms with van der Waals surface area (Å²) < 4.78 is 73.2. The summed E-state index contributed by atoms with van der Waals surface area (Å²) in [5.74, 6) is -0.649. The fourth-order valence-corrected chi connectivity index (χ4v) is 6.39. The van der Waals surface area contributed by atoms with Crippen molar-refractivity contribution in [2.75, 3.05) is 159 Å². The van der Waals surface area contributed by atoms with Crippen molar-refractivity contribution < 1.29 is 71.2 Å². The van der Waals surface area contributed by atoms with E-state index in [1.807, 2.05) is 0 Å². The quantitative estimate of drug-likeness (QED) is 0.0322. The third-order valence-electron chi connectivity index (χ3n) is 10.8. The van der Waals surface area contributed by atoms with Crippen LogP contribution in [-0.2, 0) is 71.2 Å². The summed E-state index contributed by atoms with van der Waals surface area (Å²) in [5, 5.41) is 0. The second-order valence-electron chi connectivity index (χ2n) is 18.1. The van der Waals surface area contributed by atoms with Gasteiger partial charge in [-0.1, -0.05) is 13.2 Å². The highest BCUT2D eigenvalue weighted by Gasteiger charge is 2.04. The van der Waals surface area contributed by atoms with Gasteiger partial charge in [0, 0.05) is 156 Å². The predicted octanol–water partition coefficient (Wildman–Crippen LogP) is 10.8. The van der Waals surface area contributed by atoms with E-state index in [2.05, 4.69) is 13.2 Å². The highest BCUT2D eigenvalue weighted by atomic mass is 16.5. The van der Waals surface area contributed by atoms with Gasteiger partial charge in [0.25, 0.3) is 0 Å². The second kappa shape index (κ2) is 60.5. The van der Waals surface area contributed by atoms with Crippen LogP contribution in [0.2, 0.25) is 0 Å². The first kappa shape index (κ1) is 69.0. The molecular formula is C56H106O15. The van der Waals surface area contributed by atoms with Gasteiger partial charge >= 0.3 is 11.9 Å². The molecular weight excluding hydrogens is 913 g/mol. The number of rotatable bonds is 62. The van der Waals surface area contributed by atoms with E-state index in [0.717, 1.165) is 286 Å². The lowest BCUT2D eigenvalue weighted by Crippen LogP contribution is -2.07. The summed E-state index contributed by atoms with van der Waals surface area (Å²) in [4.78, 5) is 22.6. The van der Waals surface area contributed by atoms with Crippen molar-refractivity contribution in [3.8, 4) is 0 Å². The molecule has 0 atom stereocenters. The molecule has 0 bridgehead atoms. The molecule has 0 aromatic carbocycles. The maximum absolute atomic E-state index is 11.3. The molecule has 0 aliphatic heterocycles. The predicted molar refractivity (Wildman–Crippen MR) is 281 cm³/mol. The summed E-state index contributed by atoms with van der Waals surface area (Å²) in [6.45, 7) is 28.3. The minimum Gasteiger partial charge on any atom is -0.462 e. The van der Waals surface area contributed by atoms with Crippen molar-refractivity contribution in [3.63, 3.8) is 0 Å². The molecule has 0 aromatic heterocycles. The van der Waals surface area contributed by atoms with E-state index in [0.29, 0.717) is 37.6 Å². The number of esters is 2. The molecule has 0 spiro atoms. The molecule has 0 amide bonds. The number of carbonyl (C=O) groups is 2. The van der Waals surface area contributed by atoms with E-state index in [-0.39, 0.29) is 11.9 Å². The molecule has 0 N–H and O–H groups in total. The van der Waals surface area contributed by atoms with Gasteiger partial charge < -0.3 is 61.6 Å². The summed E-state index contributed by atoms with van der Waals surface area (Å²) >= 11 is 0. The maximum atomic E-state index is 11.3. The van der Waals surface area contributed by atoms with Crippen LogP contribution in [0.15, 0.2) is 24.3 Å². The Morgan fingerprint density at radius 3 is 0.408 bits per heavy atom. The van der Waals surface area contributed by atoms with Gasteiger partial charge in [-0.15, -0.1) is 0 Å². The Labute approximate surface area is 432 Å². The van der Waals surface area contributed by atoms with E-state index in [4.69, 9.17) is 61.6 Å². The first-order valence-corrected chi connectivity index (χ1v) is 28.0. The third kappa shape index (κ3) is 60.4. The molecule has 0 heterocycles. The molecule has 0 rings (SSSR count). The Morgan fingerprint density at radius 2 is 0.310 bits per heavy atom. The second-order valence-corrected chi connectivity index (χ2v) is 18.1. The van der Waals surface area contributed by atoms with Crippen LogP contribution in [0.1, 0.15) is 168 Å². The van der Waals surface area contributed by atoms with Crippen LogP contribution in [0.5, 0.6) is 0 Å². The minimum absolute atomic E-state index is 0.325. The summed E-state index contributed by atoms with van der Waals surface area (Å²) in [7, 11) is 0. The van der Waals surface area contributed by atoms with Crippen LogP contribution >= 0.6 is 0 Å². The van der Waals surface area contributed by atoms with Crippen LogP contribution < -0.4 is 0 Å². The molecule has 0 saturated heterocycles. The van der Waals surface area contributed by atoms with E-state index in [1.165, 1.54) is 0 Å². The molecule has 0 radical (unpaired) electrons. The molecule has 0 aromatic rings. The smallest absolute Gasteiger partial charge is 0.333 e. The van der Waals surface area contributed by atoms with Gasteiger partial charge in [-0.05, 0) is 168 Å². The van der Waals surface area contributed by atoms with Gasteiger partial charge in [0.2, 0.25) is 0 Å². The first-order chi connectivity index (χ1) is 34.9. The molecule has 0 unspecified atom stereocenters. The van der Waals surface area contributed by atoms with E-state index in [9.17, 15) is 9.59 Å². The average Bonchev–Trinajstić information content (AvgIpc) is 3.36. The molecule has 0 aliphatic rings. The SMILES string of the molecule is C=C(C)C(=O)OCCCCOCCCCOCCCCOCCCCOCCCCOCCCCOCCCCOCCCCOCCCCOCCCCOCCCCOCCCCOC(=O)C(=C)C. The number of hydrogen-bond donors (Lipinski definition) is 0. The highest BCUT2D eigenvalue weighted by Crippen LogP contribution is 2.04. The topological polar surface area (TPSA) is 154 Å². The molecule has 420 valence electrons. The van der Waals surface area contributed by atoms with Gasteiger partial charge in [-0.25, -0.2) is 9.59 Å². The van der Waals surface area contributed by atoms with Crippen LogP contribution in [0.4, 0.5) is 0 Å². The van der Waals surface area contributed by atoms with E-state index in [1.54, 1.807) is 13.8 Å². The normalized spacial score (nSPS) is 11.4. The first-order valence-electron chi connectivity index (χ1n) is 28.0. The van der Waals surface area contributed by atoms with Crippen molar-refractivity contribution in [1.29, 1.82) is 0 Å². The number of unbranched alkanes of at least 4 members (excludes halogenated alkanes) is 12. The van der Waals surface area contributed by atoms with Gasteiger partial charge in [0.05, 0.1) is 13.2 Å². The molecule has 71 heavy (non-hydrogen) atoms. The summed E-state index contributed by atoms with van der Waals surface area (Å²) in [6.07, 6.45) is 23.9. The lowest BCUT2D eigenvalue weighted by Gasteiger charge is -2.08. The highest BCUT2D eigenvalue weighted by molar-refractivity contribution is 5.87. The standard InChI is InChI=1S/C56H106O15/c1-53(2)55(57)70-51-27-25-49-68-47-23-21-45-66-43-19-17-41-64-39-15-13-37-62-35-11-9-33-60-31-7-5-29-59-30-6-8-32-61-34-10-12-36-63-38-14-16-40-65-42-18-20-44-67-46-22-24-48-69-50-26-28-52-71-56(58)54(3)4/h1,3,5-52H2,2,4H3. The summed E-state index contributed by atoms with van der Waals surface area (Å²) in [5.41, 5.74) is 0.868. The molecule has 0 fully saturated rings. The fourth-order valence-electron chi connectivity index (χ4n) is 6.39. The zero-order valence-corrected chi connectivity index (χ0v) is 45.5. The Bertz CT molecular complexity index is 1040. The Morgan fingerprint density at radius 1 is 0.211 bits per heavy atom. The van der Waals surface area contributed by atoms with Crippen molar-refractivity contribution in [2.45, 2.75) is 168 Å². The monoisotopic (exact) mass is 1020 g/mol. The van der Waals surface area contributed by atoms with Gasteiger partial charge in [-0.2, -0.15) is 0 Å². The largest absolute Gasteiger partial charge is 0.462 e. The van der Waals surface area contributed by atoms with Gasteiger partial charge in [0.15, 0.2) is 0 Å². The Hall–Kier alpha value is -2.02. The van der Waals surface area contributed by atoms with Crippen molar-refractivity contribution in [1.82, 2.24) is 0 Å². The van der Waals surface area contributed by atoms with Crippen LogP contribution in [0.25, 0.3) is 0 Å². The minimum atomic E-state index is -0.325. The fraction of sp³-hybridized carbons (Fsp3) is 0.893. The van der Waals surface area contributed by atoms with E-state index >= 15 is 0 Å². The molecule has 0 aliphatic carbocycles. The lowest BCUT2D eigenvalue weighted by atomic mass is 10.3. The van der Waals surface area contributed by atoms with E-state index < -0.39 is 0 Å². The Kier molecular flexibility index (Phi) is 58.8. The number of ether oxygens (including phenoxy) is 13. The number of carbonyl (C=O) groups excluding carboxylic acids is 2. The average molecular weight is 1020 g/mol.